The summed E-state index contributed by atoms with van der Waals surface area (Å²) in [7, 11) is -1.09. The molecule has 0 atom stereocenters. The van der Waals surface area contributed by atoms with Gasteiger partial charge in [-0.05, 0) is 25.7 Å². The molecule has 0 N–H and O–H groups in total. The number of carbonyl (C=O) groups excluding carboxylic acids is 1. The fraction of sp³-hybridized carbons (Fsp3) is 0.917. The third kappa shape index (κ3) is 5.65. The van der Waals surface area contributed by atoms with Crippen molar-refractivity contribution >= 4 is 14.0 Å². The van der Waals surface area contributed by atoms with E-state index in [0.717, 1.165) is 31.9 Å². The van der Waals surface area contributed by atoms with Crippen LogP contribution in [0.2, 0.25) is 19.6 Å². The van der Waals surface area contributed by atoms with Gasteiger partial charge in [-0.2, -0.15) is 0 Å². The van der Waals surface area contributed by atoms with Gasteiger partial charge in [0.15, 0.2) is 0 Å². The molecule has 1 aliphatic carbocycles. The second-order valence-electron chi connectivity index (χ2n) is 5.88. The van der Waals surface area contributed by atoms with Crippen molar-refractivity contribution in [2.24, 2.45) is 0 Å². The smallest absolute Gasteiger partial charge is 0.302 e. The quantitative estimate of drug-likeness (QED) is 0.563. The molecule has 0 aliphatic heterocycles. The Hall–Kier alpha value is -0.353. The highest BCUT2D eigenvalue weighted by atomic mass is 28.3. The molecule has 0 unspecified atom stereocenters. The van der Waals surface area contributed by atoms with Crippen molar-refractivity contribution in [3.8, 4) is 0 Å². The topological polar surface area (TPSA) is 35.5 Å². The third-order valence-electron chi connectivity index (χ3n) is 2.71. The first-order chi connectivity index (χ1) is 7.37. The van der Waals surface area contributed by atoms with Crippen LogP contribution >= 0.6 is 0 Å². The van der Waals surface area contributed by atoms with Gasteiger partial charge in [-0.1, -0.05) is 19.6 Å². The number of hydrogen-bond acceptors (Lipinski definition) is 3. The van der Waals surface area contributed by atoms with E-state index in [1.807, 2.05) is 0 Å². The molecule has 1 saturated carbocycles. The van der Waals surface area contributed by atoms with E-state index in [1.54, 1.807) is 0 Å². The van der Waals surface area contributed by atoms with Crippen LogP contribution < -0.4 is 0 Å². The summed E-state index contributed by atoms with van der Waals surface area (Å²) in [5.41, 5.74) is 0. The van der Waals surface area contributed by atoms with Crippen LogP contribution in [0.25, 0.3) is 0 Å². The first-order valence-corrected chi connectivity index (χ1v) is 9.86. The van der Waals surface area contributed by atoms with Crippen LogP contribution in [0.15, 0.2) is 0 Å². The van der Waals surface area contributed by atoms with E-state index in [4.69, 9.17) is 9.47 Å². The molecule has 0 heterocycles. The maximum absolute atomic E-state index is 10.8. The minimum Gasteiger partial charge on any atom is -0.463 e. The minimum absolute atomic E-state index is 0.129. The van der Waals surface area contributed by atoms with Gasteiger partial charge in [0.25, 0.3) is 0 Å². The Kier molecular flexibility index (Phi) is 4.99. The van der Waals surface area contributed by atoms with Crippen molar-refractivity contribution in [3.63, 3.8) is 0 Å². The molecule has 0 aromatic rings. The zero-order valence-electron chi connectivity index (χ0n) is 10.9. The van der Waals surface area contributed by atoms with Crippen molar-refractivity contribution in [1.82, 2.24) is 0 Å². The molecular weight excluding hydrogens is 220 g/mol. The van der Waals surface area contributed by atoms with Gasteiger partial charge in [-0.25, -0.2) is 0 Å². The van der Waals surface area contributed by atoms with Crippen LogP contribution in [0, 0.1) is 0 Å². The van der Waals surface area contributed by atoms with E-state index >= 15 is 0 Å². The number of esters is 1. The Balaban J connectivity index is 2.19. The average molecular weight is 244 g/mol. The molecule has 0 radical (unpaired) electrons. The fourth-order valence-corrected chi connectivity index (χ4v) is 2.66. The molecule has 16 heavy (non-hydrogen) atoms. The van der Waals surface area contributed by atoms with Gasteiger partial charge in [0.1, 0.15) is 6.10 Å². The van der Waals surface area contributed by atoms with Gasteiger partial charge >= 0.3 is 5.97 Å². The lowest BCUT2D eigenvalue weighted by Gasteiger charge is -2.29. The fourth-order valence-electron chi connectivity index (χ4n) is 1.92. The summed E-state index contributed by atoms with van der Waals surface area (Å²) in [5, 5.41) is 0. The van der Waals surface area contributed by atoms with Gasteiger partial charge in [0.2, 0.25) is 0 Å². The van der Waals surface area contributed by atoms with E-state index < -0.39 is 8.07 Å². The van der Waals surface area contributed by atoms with Crippen molar-refractivity contribution < 1.29 is 14.3 Å². The van der Waals surface area contributed by atoms with Crippen LogP contribution in [0.3, 0.4) is 0 Å². The molecule has 0 aromatic carbocycles. The van der Waals surface area contributed by atoms with Crippen LogP contribution in [-0.4, -0.2) is 32.5 Å². The van der Waals surface area contributed by atoms with Crippen LogP contribution in [-0.2, 0) is 14.3 Å². The van der Waals surface area contributed by atoms with E-state index in [2.05, 4.69) is 19.6 Å². The monoisotopic (exact) mass is 244 g/mol. The van der Waals surface area contributed by atoms with E-state index in [-0.39, 0.29) is 12.1 Å². The predicted octanol–water partition coefficient (Wildman–Crippen LogP) is 2.75. The maximum Gasteiger partial charge on any atom is 0.302 e. The molecular formula is C12H24O3Si. The zero-order valence-corrected chi connectivity index (χ0v) is 11.9. The molecule has 0 saturated heterocycles. The summed E-state index contributed by atoms with van der Waals surface area (Å²) in [6, 6.07) is 0. The van der Waals surface area contributed by atoms with Crippen molar-refractivity contribution in [2.75, 3.05) is 6.23 Å². The molecule has 0 spiro atoms. The second-order valence-corrected chi connectivity index (χ2v) is 11.3. The lowest BCUT2D eigenvalue weighted by atomic mass is 9.95. The van der Waals surface area contributed by atoms with E-state index in [9.17, 15) is 4.79 Å². The lowest BCUT2D eigenvalue weighted by Crippen LogP contribution is -2.34. The molecule has 1 rings (SSSR count). The third-order valence-corrected chi connectivity index (χ3v) is 3.74. The number of carbonyl (C=O) groups is 1. The highest BCUT2D eigenvalue weighted by Gasteiger charge is 2.25. The largest absolute Gasteiger partial charge is 0.463 e. The molecule has 4 heteroatoms. The predicted molar refractivity (Wildman–Crippen MR) is 67.1 cm³/mol. The summed E-state index contributed by atoms with van der Waals surface area (Å²) in [5.74, 6) is -0.161. The number of hydrogen-bond donors (Lipinski definition) is 0. The number of ether oxygens (including phenoxy) is 2. The second kappa shape index (κ2) is 5.82. The summed E-state index contributed by atoms with van der Waals surface area (Å²) in [6.07, 6.45) is 5.43. The Labute approximate surface area is 99.5 Å². The molecule has 1 fully saturated rings. The van der Waals surface area contributed by atoms with Crippen molar-refractivity contribution in [1.29, 1.82) is 0 Å². The molecule has 1 aliphatic rings. The number of rotatable bonds is 4. The van der Waals surface area contributed by atoms with Gasteiger partial charge in [-0.15, -0.1) is 0 Å². The molecule has 0 amide bonds. The molecule has 3 nitrogen and oxygen atoms in total. The standard InChI is InChI=1S/C12H24O3Si/c1-10(13)15-12-7-5-11(6-8-12)14-9-16(2,3)4/h11-12H,5-9H2,1-4H3. The van der Waals surface area contributed by atoms with Gasteiger partial charge in [0, 0.05) is 13.2 Å². The van der Waals surface area contributed by atoms with Crippen molar-refractivity contribution in [3.05, 3.63) is 0 Å². The first-order valence-electron chi connectivity index (χ1n) is 6.15. The van der Waals surface area contributed by atoms with Crippen LogP contribution in [0.1, 0.15) is 32.6 Å². The van der Waals surface area contributed by atoms with Gasteiger partial charge in [-0.3, -0.25) is 4.79 Å². The highest BCUT2D eigenvalue weighted by Crippen LogP contribution is 2.24. The van der Waals surface area contributed by atoms with E-state index in [1.165, 1.54) is 6.92 Å². The van der Waals surface area contributed by atoms with Gasteiger partial charge in [0.05, 0.1) is 14.2 Å². The Morgan fingerprint density at radius 2 is 1.62 bits per heavy atom. The summed E-state index contributed by atoms with van der Waals surface area (Å²) in [6.45, 7) is 8.43. The average Bonchev–Trinajstić information content (AvgIpc) is 2.14. The van der Waals surface area contributed by atoms with E-state index in [0.29, 0.717) is 6.10 Å². The Morgan fingerprint density at radius 3 is 2.06 bits per heavy atom. The Bertz CT molecular complexity index is 227. The molecule has 0 bridgehead atoms. The van der Waals surface area contributed by atoms with Gasteiger partial charge < -0.3 is 9.47 Å². The summed E-state index contributed by atoms with van der Waals surface area (Å²) >= 11 is 0. The molecule has 94 valence electrons. The summed E-state index contributed by atoms with van der Waals surface area (Å²) in [4.78, 5) is 10.8. The molecule has 0 aromatic heterocycles. The lowest BCUT2D eigenvalue weighted by molar-refractivity contribution is -0.149. The highest BCUT2D eigenvalue weighted by molar-refractivity contribution is 6.76. The van der Waals surface area contributed by atoms with Crippen LogP contribution in [0.5, 0.6) is 0 Å². The minimum atomic E-state index is -1.09. The SMILES string of the molecule is CC(=O)OC1CCC(OC[Si](C)(C)C)CC1. The normalized spacial score (nSPS) is 26.5. The first kappa shape index (κ1) is 13.7. The zero-order chi connectivity index (χ0) is 12.2. The Morgan fingerprint density at radius 1 is 1.12 bits per heavy atom. The van der Waals surface area contributed by atoms with Crippen molar-refractivity contribution in [2.45, 2.75) is 64.5 Å². The van der Waals surface area contributed by atoms with Crippen LogP contribution in [0.4, 0.5) is 0 Å². The summed E-state index contributed by atoms with van der Waals surface area (Å²) < 4.78 is 11.1. The maximum atomic E-state index is 10.8.